The Labute approximate surface area is 124 Å². The van der Waals surface area contributed by atoms with Gasteiger partial charge in [-0.3, -0.25) is 9.78 Å². The van der Waals surface area contributed by atoms with Gasteiger partial charge in [-0.2, -0.15) is 5.10 Å². The van der Waals surface area contributed by atoms with Crippen molar-refractivity contribution in [3.05, 3.63) is 42.0 Å². The van der Waals surface area contributed by atoms with Crippen LogP contribution in [0.1, 0.15) is 35.6 Å². The number of aromatic nitrogens is 3. The molecule has 0 radical (unpaired) electrons. The number of carbonyl (C=O) groups is 1. The van der Waals surface area contributed by atoms with Crippen LogP contribution in [0.3, 0.4) is 0 Å². The Balaban J connectivity index is 2.21. The van der Waals surface area contributed by atoms with Crippen molar-refractivity contribution in [1.29, 1.82) is 0 Å². The normalized spacial score (nSPS) is 12.2. The Morgan fingerprint density at radius 2 is 2.14 bits per heavy atom. The summed E-state index contributed by atoms with van der Waals surface area (Å²) in [5.74, 6) is -0.112. The van der Waals surface area contributed by atoms with Crippen molar-refractivity contribution >= 4 is 5.91 Å². The molecule has 1 unspecified atom stereocenters. The molecule has 0 aromatic carbocycles. The first-order valence-electron chi connectivity index (χ1n) is 6.97. The molecule has 0 aliphatic carbocycles. The van der Waals surface area contributed by atoms with E-state index in [0.717, 1.165) is 17.8 Å². The van der Waals surface area contributed by atoms with Gasteiger partial charge < -0.3 is 10.2 Å². The van der Waals surface area contributed by atoms with E-state index in [1.807, 2.05) is 19.2 Å². The number of rotatable bonds is 5. The van der Waals surface area contributed by atoms with Gasteiger partial charge in [-0.1, -0.05) is 6.92 Å². The van der Waals surface area contributed by atoms with Crippen LogP contribution in [0.2, 0.25) is 0 Å². The van der Waals surface area contributed by atoms with Gasteiger partial charge in [0, 0.05) is 26.3 Å². The van der Waals surface area contributed by atoms with Crippen LogP contribution in [-0.2, 0) is 0 Å². The summed E-state index contributed by atoms with van der Waals surface area (Å²) in [6, 6.07) is 5.90. The van der Waals surface area contributed by atoms with Gasteiger partial charge in [0.25, 0.3) is 5.91 Å². The van der Waals surface area contributed by atoms with Crippen molar-refractivity contribution < 1.29 is 4.79 Å². The lowest BCUT2D eigenvalue weighted by Crippen LogP contribution is -2.22. The Morgan fingerprint density at radius 1 is 1.38 bits per heavy atom. The smallest absolute Gasteiger partial charge is 0.273 e. The minimum absolute atomic E-state index is 0.112. The molecule has 2 aromatic rings. The van der Waals surface area contributed by atoms with Crippen LogP contribution in [0.15, 0.2) is 30.6 Å². The summed E-state index contributed by atoms with van der Waals surface area (Å²) in [4.78, 5) is 17.8. The van der Waals surface area contributed by atoms with Crippen LogP contribution in [0.25, 0.3) is 5.69 Å². The highest BCUT2D eigenvalue weighted by molar-refractivity contribution is 5.91. The van der Waals surface area contributed by atoms with Crippen LogP contribution < -0.4 is 5.32 Å². The number of hydrogen-bond donors (Lipinski definition) is 1. The van der Waals surface area contributed by atoms with Gasteiger partial charge in [0.1, 0.15) is 0 Å². The van der Waals surface area contributed by atoms with Crippen molar-refractivity contribution in [2.45, 2.75) is 19.4 Å². The largest absolute Gasteiger partial charge is 0.343 e. The van der Waals surface area contributed by atoms with Gasteiger partial charge in [0.05, 0.1) is 17.6 Å². The number of nitrogens with zero attached hydrogens (tertiary/aromatic N) is 4. The maximum absolute atomic E-state index is 11.8. The molecule has 6 heteroatoms. The Hall–Kier alpha value is -2.21. The Morgan fingerprint density at radius 3 is 2.67 bits per heavy atom. The monoisotopic (exact) mass is 287 g/mol. The summed E-state index contributed by atoms with van der Waals surface area (Å²) < 4.78 is 1.66. The summed E-state index contributed by atoms with van der Waals surface area (Å²) in [7, 11) is 5.34. The van der Waals surface area contributed by atoms with E-state index in [1.165, 1.54) is 4.90 Å². The third-order valence-corrected chi connectivity index (χ3v) is 3.36. The van der Waals surface area contributed by atoms with Gasteiger partial charge >= 0.3 is 0 Å². The van der Waals surface area contributed by atoms with E-state index in [4.69, 9.17) is 0 Å². The minimum atomic E-state index is -0.112. The van der Waals surface area contributed by atoms with E-state index >= 15 is 0 Å². The lowest BCUT2D eigenvalue weighted by atomic mass is 10.1. The second kappa shape index (κ2) is 6.49. The quantitative estimate of drug-likeness (QED) is 0.908. The van der Waals surface area contributed by atoms with Crippen molar-refractivity contribution in [2.24, 2.45) is 0 Å². The average molecular weight is 287 g/mol. The molecule has 6 nitrogen and oxygen atoms in total. The van der Waals surface area contributed by atoms with E-state index in [0.29, 0.717) is 5.69 Å². The van der Waals surface area contributed by atoms with E-state index < -0.39 is 0 Å². The van der Waals surface area contributed by atoms with Gasteiger partial charge in [0.2, 0.25) is 0 Å². The summed E-state index contributed by atoms with van der Waals surface area (Å²) >= 11 is 0. The van der Waals surface area contributed by atoms with Crippen LogP contribution in [0.4, 0.5) is 0 Å². The molecule has 2 rings (SSSR count). The standard InChI is InChI=1S/C15H21N5O/c1-5-12(16-2)13-7-6-11(10-17-13)20-9-8-14(18-20)15(21)19(3)4/h6-10,12,16H,5H2,1-4H3. The van der Waals surface area contributed by atoms with Crippen molar-refractivity contribution in [3.8, 4) is 5.69 Å². The summed E-state index contributed by atoms with van der Waals surface area (Å²) in [6.45, 7) is 2.11. The second-order valence-electron chi connectivity index (χ2n) is 5.04. The van der Waals surface area contributed by atoms with Crippen LogP contribution >= 0.6 is 0 Å². The number of hydrogen-bond acceptors (Lipinski definition) is 4. The van der Waals surface area contributed by atoms with E-state index in [1.54, 1.807) is 37.2 Å². The predicted octanol–water partition coefficient (Wildman–Crippen LogP) is 1.64. The molecule has 1 N–H and O–H groups in total. The lowest BCUT2D eigenvalue weighted by molar-refractivity contribution is 0.0821. The molecule has 2 aromatic heterocycles. The third-order valence-electron chi connectivity index (χ3n) is 3.36. The molecule has 1 amide bonds. The van der Waals surface area contributed by atoms with Gasteiger partial charge in [-0.05, 0) is 31.7 Å². The van der Waals surface area contributed by atoms with E-state index in [9.17, 15) is 4.79 Å². The Kier molecular flexibility index (Phi) is 4.70. The lowest BCUT2D eigenvalue weighted by Gasteiger charge is -2.13. The molecule has 2 heterocycles. The fraction of sp³-hybridized carbons (Fsp3) is 0.400. The maximum Gasteiger partial charge on any atom is 0.273 e. The van der Waals surface area contributed by atoms with Crippen molar-refractivity contribution in [3.63, 3.8) is 0 Å². The second-order valence-corrected chi connectivity index (χ2v) is 5.04. The third kappa shape index (κ3) is 3.28. The number of nitrogens with one attached hydrogen (secondary N) is 1. The van der Waals surface area contributed by atoms with Gasteiger partial charge in [0.15, 0.2) is 5.69 Å². The summed E-state index contributed by atoms with van der Waals surface area (Å²) in [5.41, 5.74) is 2.26. The molecule has 0 saturated carbocycles. The zero-order valence-electron chi connectivity index (χ0n) is 12.9. The maximum atomic E-state index is 11.8. The minimum Gasteiger partial charge on any atom is -0.343 e. The summed E-state index contributed by atoms with van der Waals surface area (Å²) in [6.07, 6.45) is 4.52. The Bertz CT molecular complexity index is 599. The molecule has 0 bridgehead atoms. The molecule has 0 spiro atoms. The fourth-order valence-electron chi connectivity index (χ4n) is 2.11. The zero-order chi connectivity index (χ0) is 15.4. The van der Waals surface area contributed by atoms with Crippen molar-refractivity contribution in [2.75, 3.05) is 21.1 Å². The molecule has 1 atom stereocenters. The van der Waals surface area contributed by atoms with Crippen LogP contribution in [0, 0.1) is 0 Å². The molecular weight excluding hydrogens is 266 g/mol. The van der Waals surface area contributed by atoms with Crippen molar-refractivity contribution in [1.82, 2.24) is 25.0 Å². The summed E-state index contributed by atoms with van der Waals surface area (Å²) in [5, 5.41) is 7.51. The molecule has 0 saturated heterocycles. The highest BCUT2D eigenvalue weighted by Crippen LogP contribution is 2.15. The fourth-order valence-corrected chi connectivity index (χ4v) is 2.11. The first-order valence-corrected chi connectivity index (χ1v) is 6.97. The number of carbonyl (C=O) groups excluding carboxylic acids is 1. The van der Waals surface area contributed by atoms with Crippen LogP contribution in [0.5, 0.6) is 0 Å². The molecule has 0 aliphatic rings. The average Bonchev–Trinajstić information content (AvgIpc) is 2.98. The van der Waals surface area contributed by atoms with Crippen LogP contribution in [-0.4, -0.2) is 46.7 Å². The number of amides is 1. The highest BCUT2D eigenvalue weighted by atomic mass is 16.2. The molecule has 21 heavy (non-hydrogen) atoms. The topological polar surface area (TPSA) is 63.1 Å². The molecule has 112 valence electrons. The van der Waals surface area contributed by atoms with Gasteiger partial charge in [-0.25, -0.2) is 4.68 Å². The molecule has 0 fully saturated rings. The van der Waals surface area contributed by atoms with E-state index in [-0.39, 0.29) is 11.9 Å². The first-order chi connectivity index (χ1) is 10.1. The highest BCUT2D eigenvalue weighted by Gasteiger charge is 2.12. The molecular formula is C15H21N5O. The zero-order valence-corrected chi connectivity index (χ0v) is 12.9. The first kappa shape index (κ1) is 15.2. The predicted molar refractivity (Wildman–Crippen MR) is 81.5 cm³/mol. The molecule has 0 aliphatic heterocycles. The van der Waals surface area contributed by atoms with E-state index in [2.05, 4.69) is 22.3 Å². The number of pyridine rings is 1. The van der Waals surface area contributed by atoms with Gasteiger partial charge in [-0.15, -0.1) is 0 Å². The SMILES string of the molecule is CCC(NC)c1ccc(-n2ccc(C(=O)N(C)C)n2)cn1.